The number of aromatic nitrogens is 2. The summed E-state index contributed by atoms with van der Waals surface area (Å²) in [5.74, 6) is 0.291. The highest BCUT2D eigenvalue weighted by Crippen LogP contribution is 2.41. The van der Waals surface area contributed by atoms with E-state index >= 15 is 0 Å². The third-order valence-corrected chi connectivity index (χ3v) is 8.57. The van der Waals surface area contributed by atoms with Crippen LogP contribution in [0.15, 0.2) is 12.3 Å². The summed E-state index contributed by atoms with van der Waals surface area (Å²) in [5.41, 5.74) is 1.01. The SMILES string of the molecule is CC[C@@H](C)Nc1cc(C)c(-c2sc(C(=O)N[C@H](C)C(C)(C)O)nc2C(=O)N2C3CCC2CC3)cn1. The zero-order valence-corrected chi connectivity index (χ0v) is 22.3. The second kappa shape index (κ2) is 9.85. The molecule has 2 aromatic rings. The van der Waals surface area contributed by atoms with Crippen LogP contribution in [0.1, 0.15) is 92.6 Å². The Hall–Kier alpha value is -2.52. The predicted octanol–water partition coefficient (Wildman–Crippen LogP) is 4.38. The van der Waals surface area contributed by atoms with Crippen molar-refractivity contribution in [3.05, 3.63) is 28.5 Å². The monoisotopic (exact) mass is 499 g/mol. The fourth-order valence-electron chi connectivity index (χ4n) is 4.77. The molecule has 3 N–H and O–H groups in total. The third kappa shape index (κ3) is 5.21. The Bertz CT molecular complexity index is 1090. The highest BCUT2D eigenvalue weighted by atomic mass is 32.1. The molecule has 2 fully saturated rings. The average Bonchev–Trinajstić information content (AvgIpc) is 3.52. The van der Waals surface area contributed by atoms with Gasteiger partial charge in [0.05, 0.1) is 16.5 Å². The van der Waals surface area contributed by atoms with Gasteiger partial charge < -0.3 is 20.6 Å². The number of nitrogens with zero attached hydrogens (tertiary/aromatic N) is 3. The summed E-state index contributed by atoms with van der Waals surface area (Å²) in [6, 6.07) is 2.31. The Kier molecular flexibility index (Phi) is 7.20. The average molecular weight is 500 g/mol. The zero-order valence-electron chi connectivity index (χ0n) is 21.5. The first-order valence-corrected chi connectivity index (χ1v) is 13.4. The highest BCUT2D eigenvalue weighted by molar-refractivity contribution is 7.17. The number of carbonyl (C=O) groups excluding carboxylic acids is 2. The van der Waals surface area contributed by atoms with E-state index in [2.05, 4.69) is 34.4 Å². The van der Waals surface area contributed by atoms with Gasteiger partial charge in [0, 0.05) is 29.9 Å². The molecule has 9 heteroatoms. The third-order valence-electron chi connectivity index (χ3n) is 7.48. The van der Waals surface area contributed by atoms with E-state index in [0.717, 1.165) is 49.0 Å². The molecular formula is C26H37N5O3S. The van der Waals surface area contributed by atoms with E-state index < -0.39 is 17.6 Å². The van der Waals surface area contributed by atoms with Crippen LogP contribution in [0.5, 0.6) is 0 Å². The van der Waals surface area contributed by atoms with E-state index in [4.69, 9.17) is 0 Å². The quantitative estimate of drug-likeness (QED) is 0.498. The number of amides is 2. The first-order chi connectivity index (χ1) is 16.5. The number of hydrogen-bond donors (Lipinski definition) is 3. The lowest BCUT2D eigenvalue weighted by molar-refractivity contribution is 0.0408. The van der Waals surface area contributed by atoms with Crippen molar-refractivity contribution in [2.75, 3.05) is 5.32 Å². The van der Waals surface area contributed by atoms with Gasteiger partial charge in [-0.25, -0.2) is 9.97 Å². The van der Waals surface area contributed by atoms with Gasteiger partial charge in [-0.05, 0) is 78.4 Å². The number of pyridine rings is 1. The van der Waals surface area contributed by atoms with E-state index in [1.807, 2.05) is 17.9 Å². The molecule has 2 amide bonds. The molecule has 0 aromatic carbocycles. The lowest BCUT2D eigenvalue weighted by Crippen LogP contribution is -2.47. The van der Waals surface area contributed by atoms with Gasteiger partial charge in [0.2, 0.25) is 0 Å². The lowest BCUT2D eigenvalue weighted by atomic mass is 10.0. The van der Waals surface area contributed by atoms with Crippen molar-refractivity contribution < 1.29 is 14.7 Å². The minimum Gasteiger partial charge on any atom is -0.388 e. The van der Waals surface area contributed by atoms with Crippen LogP contribution in [0, 0.1) is 6.92 Å². The maximum Gasteiger partial charge on any atom is 0.280 e. The summed E-state index contributed by atoms with van der Waals surface area (Å²) in [6.07, 6.45) is 6.87. The van der Waals surface area contributed by atoms with E-state index in [1.165, 1.54) is 11.3 Å². The Morgan fingerprint density at radius 1 is 1.23 bits per heavy atom. The van der Waals surface area contributed by atoms with Crippen molar-refractivity contribution in [3.63, 3.8) is 0 Å². The molecule has 190 valence electrons. The largest absolute Gasteiger partial charge is 0.388 e. The number of rotatable bonds is 8. The van der Waals surface area contributed by atoms with Crippen LogP contribution in [0.25, 0.3) is 10.4 Å². The van der Waals surface area contributed by atoms with Gasteiger partial charge in [-0.1, -0.05) is 6.92 Å². The number of carbonyl (C=O) groups is 2. The maximum absolute atomic E-state index is 13.7. The Morgan fingerprint density at radius 2 is 1.86 bits per heavy atom. The summed E-state index contributed by atoms with van der Waals surface area (Å²) in [7, 11) is 0. The number of anilines is 1. The standard InChI is InChI=1S/C26H37N5O3S/c1-7-15(3)28-20-12-14(2)19(13-27-20)22-21(25(33)31-17-8-9-18(31)11-10-17)30-24(35-22)23(32)29-16(4)26(5,6)34/h12-13,15-18,34H,7-11H2,1-6H3,(H,27,28)(H,29,32)/t15-,16-,17?,18?/m1/s1. The van der Waals surface area contributed by atoms with Crippen molar-refractivity contribution in [1.29, 1.82) is 0 Å². The Labute approximate surface area is 211 Å². The van der Waals surface area contributed by atoms with Crippen LogP contribution in [0.2, 0.25) is 0 Å². The number of aliphatic hydroxyl groups is 1. The Balaban J connectivity index is 1.71. The molecule has 2 saturated heterocycles. The van der Waals surface area contributed by atoms with Gasteiger partial charge in [-0.15, -0.1) is 11.3 Å². The topological polar surface area (TPSA) is 107 Å². The van der Waals surface area contributed by atoms with E-state index in [1.54, 1.807) is 27.0 Å². The molecule has 2 aliphatic rings. The summed E-state index contributed by atoms with van der Waals surface area (Å²) in [4.78, 5) is 38.6. The molecule has 0 spiro atoms. The molecule has 0 saturated carbocycles. The van der Waals surface area contributed by atoms with Crippen molar-refractivity contribution in [2.24, 2.45) is 0 Å². The zero-order chi connectivity index (χ0) is 25.5. The first kappa shape index (κ1) is 25.6. The molecule has 35 heavy (non-hydrogen) atoms. The van der Waals surface area contributed by atoms with Gasteiger partial charge in [0.15, 0.2) is 5.01 Å². The normalized spacial score (nSPS) is 21.2. The second-order valence-electron chi connectivity index (χ2n) is 10.6. The lowest BCUT2D eigenvalue weighted by Gasteiger charge is -2.26. The molecule has 0 aliphatic carbocycles. The number of thiazole rings is 1. The van der Waals surface area contributed by atoms with Crippen LogP contribution < -0.4 is 10.6 Å². The van der Waals surface area contributed by atoms with Crippen molar-refractivity contribution in [3.8, 4) is 10.4 Å². The highest BCUT2D eigenvalue weighted by Gasteiger charge is 2.44. The van der Waals surface area contributed by atoms with Gasteiger partial charge in [0.25, 0.3) is 11.8 Å². The van der Waals surface area contributed by atoms with Crippen LogP contribution in [0.4, 0.5) is 5.82 Å². The molecule has 0 unspecified atom stereocenters. The van der Waals surface area contributed by atoms with Crippen LogP contribution in [-0.2, 0) is 0 Å². The number of aryl methyl sites for hydroxylation is 1. The first-order valence-electron chi connectivity index (χ1n) is 12.6. The molecule has 4 rings (SSSR count). The van der Waals surface area contributed by atoms with Crippen molar-refractivity contribution >= 4 is 29.0 Å². The number of hydrogen-bond acceptors (Lipinski definition) is 7. The molecule has 2 aliphatic heterocycles. The molecule has 2 aromatic heterocycles. The second-order valence-corrected chi connectivity index (χ2v) is 11.6. The van der Waals surface area contributed by atoms with E-state index in [9.17, 15) is 14.7 Å². The Morgan fingerprint density at radius 3 is 2.40 bits per heavy atom. The molecular weight excluding hydrogens is 462 g/mol. The van der Waals surface area contributed by atoms with Crippen LogP contribution >= 0.6 is 11.3 Å². The predicted molar refractivity (Wildman–Crippen MR) is 139 cm³/mol. The number of fused-ring (bicyclic) bond motifs is 2. The van der Waals surface area contributed by atoms with Gasteiger partial charge >= 0.3 is 0 Å². The molecule has 4 heterocycles. The van der Waals surface area contributed by atoms with E-state index in [-0.39, 0.29) is 23.0 Å². The molecule has 0 radical (unpaired) electrons. The smallest absolute Gasteiger partial charge is 0.280 e. The van der Waals surface area contributed by atoms with Gasteiger partial charge in [-0.3, -0.25) is 9.59 Å². The minimum absolute atomic E-state index is 0.1000. The van der Waals surface area contributed by atoms with Gasteiger partial charge in [-0.2, -0.15) is 0 Å². The van der Waals surface area contributed by atoms with Crippen molar-refractivity contribution in [2.45, 2.75) is 103 Å². The van der Waals surface area contributed by atoms with E-state index in [0.29, 0.717) is 16.6 Å². The van der Waals surface area contributed by atoms with Crippen LogP contribution in [0.3, 0.4) is 0 Å². The summed E-state index contributed by atoms with van der Waals surface area (Å²) < 4.78 is 0. The summed E-state index contributed by atoms with van der Waals surface area (Å²) >= 11 is 1.21. The summed E-state index contributed by atoms with van der Waals surface area (Å²) in [5, 5.41) is 16.7. The van der Waals surface area contributed by atoms with Crippen LogP contribution in [-0.4, -0.2) is 61.6 Å². The minimum atomic E-state index is -1.08. The summed E-state index contributed by atoms with van der Waals surface area (Å²) in [6.45, 7) is 11.3. The number of nitrogens with one attached hydrogen (secondary N) is 2. The van der Waals surface area contributed by atoms with Gasteiger partial charge in [0.1, 0.15) is 11.5 Å². The molecule has 2 bridgehead atoms. The fourth-order valence-corrected chi connectivity index (χ4v) is 5.81. The fraction of sp³-hybridized carbons (Fsp3) is 0.615. The van der Waals surface area contributed by atoms with Crippen molar-refractivity contribution in [1.82, 2.24) is 20.2 Å². The molecule has 8 nitrogen and oxygen atoms in total. The maximum atomic E-state index is 13.7. The molecule has 2 atom stereocenters.